The Morgan fingerprint density at radius 3 is 2.72 bits per heavy atom. The van der Waals surface area contributed by atoms with Gasteiger partial charge >= 0.3 is 5.97 Å². The van der Waals surface area contributed by atoms with Gasteiger partial charge in [-0.05, 0) is 6.42 Å². The van der Waals surface area contributed by atoms with E-state index >= 15 is 0 Å². The third kappa shape index (κ3) is 3.56. The summed E-state index contributed by atoms with van der Waals surface area (Å²) in [7, 11) is 1.56. The van der Waals surface area contributed by atoms with Gasteiger partial charge in [-0.2, -0.15) is 0 Å². The van der Waals surface area contributed by atoms with Gasteiger partial charge in [0, 0.05) is 32.2 Å². The third-order valence-corrected chi connectivity index (χ3v) is 4.35. The van der Waals surface area contributed by atoms with E-state index in [4.69, 9.17) is 14.3 Å². The molecule has 132 valence electrons. The Kier molecular flexibility index (Phi) is 4.85. The second-order valence-electron chi connectivity index (χ2n) is 6.08. The van der Waals surface area contributed by atoms with Crippen molar-refractivity contribution in [2.24, 2.45) is 0 Å². The molecule has 1 amide bonds. The predicted octanol–water partition coefficient (Wildman–Crippen LogP) is 2.35. The van der Waals surface area contributed by atoms with Crippen LogP contribution in [0.15, 0.2) is 34.7 Å². The SMILES string of the molecule is COC1CC(CC(=O)O)N(C(=O)c2nc(C)oc2-c2ccccc2)C1. The summed E-state index contributed by atoms with van der Waals surface area (Å²) >= 11 is 0. The number of carboxylic acids is 1. The molecule has 1 saturated heterocycles. The number of carbonyl (C=O) groups excluding carboxylic acids is 1. The standard InChI is InChI=1S/C18H20N2O5/c1-11-19-16(17(25-11)12-6-4-3-5-7-12)18(23)20-10-14(24-2)8-13(20)9-15(21)22/h3-7,13-14H,8-10H2,1-2H3,(H,21,22). The molecule has 0 radical (unpaired) electrons. The van der Waals surface area contributed by atoms with E-state index in [1.54, 1.807) is 14.0 Å². The highest BCUT2D eigenvalue weighted by molar-refractivity contribution is 5.98. The van der Waals surface area contributed by atoms with Crippen molar-refractivity contribution in [2.45, 2.75) is 31.9 Å². The monoisotopic (exact) mass is 344 g/mol. The normalized spacial score (nSPS) is 20.0. The number of carbonyl (C=O) groups is 2. The van der Waals surface area contributed by atoms with Crippen LogP contribution in [0, 0.1) is 6.92 Å². The van der Waals surface area contributed by atoms with Crippen molar-refractivity contribution in [3.63, 3.8) is 0 Å². The van der Waals surface area contributed by atoms with Gasteiger partial charge in [-0.3, -0.25) is 9.59 Å². The lowest BCUT2D eigenvalue weighted by atomic mass is 10.1. The van der Waals surface area contributed by atoms with Gasteiger partial charge in [-0.25, -0.2) is 4.98 Å². The highest BCUT2D eigenvalue weighted by atomic mass is 16.5. The molecule has 1 aromatic heterocycles. The number of nitrogens with zero attached hydrogens (tertiary/aromatic N) is 2. The van der Waals surface area contributed by atoms with Gasteiger partial charge in [0.05, 0.1) is 12.5 Å². The van der Waals surface area contributed by atoms with Crippen LogP contribution >= 0.6 is 0 Å². The zero-order valence-corrected chi connectivity index (χ0v) is 14.1. The average molecular weight is 344 g/mol. The Balaban J connectivity index is 1.93. The number of carboxylic acid groups (broad SMARTS) is 1. The van der Waals surface area contributed by atoms with Gasteiger partial charge in [-0.15, -0.1) is 0 Å². The van der Waals surface area contributed by atoms with E-state index in [1.807, 2.05) is 30.3 Å². The van der Waals surface area contributed by atoms with Gasteiger partial charge in [-0.1, -0.05) is 30.3 Å². The molecular formula is C18H20N2O5. The Morgan fingerprint density at radius 1 is 1.36 bits per heavy atom. The van der Waals surface area contributed by atoms with Crippen molar-refractivity contribution in [3.05, 3.63) is 41.9 Å². The molecule has 2 unspecified atom stereocenters. The van der Waals surface area contributed by atoms with E-state index in [9.17, 15) is 9.59 Å². The zero-order valence-electron chi connectivity index (χ0n) is 14.1. The largest absolute Gasteiger partial charge is 0.481 e. The van der Waals surface area contributed by atoms with Gasteiger partial charge in [0.2, 0.25) is 0 Å². The Labute approximate surface area is 145 Å². The van der Waals surface area contributed by atoms with Crippen LogP contribution in [0.1, 0.15) is 29.2 Å². The number of amides is 1. The van der Waals surface area contributed by atoms with Crippen LogP contribution in [0.2, 0.25) is 0 Å². The number of rotatable bonds is 5. The molecule has 0 aliphatic carbocycles. The molecule has 25 heavy (non-hydrogen) atoms. The minimum absolute atomic E-state index is 0.122. The van der Waals surface area contributed by atoms with Crippen LogP contribution in [0.4, 0.5) is 0 Å². The van der Waals surface area contributed by atoms with E-state index in [0.717, 1.165) is 5.56 Å². The first-order valence-corrected chi connectivity index (χ1v) is 8.08. The number of methoxy groups -OCH3 is 1. The molecule has 2 atom stereocenters. The first kappa shape index (κ1) is 17.2. The number of aromatic nitrogens is 1. The third-order valence-electron chi connectivity index (χ3n) is 4.35. The fourth-order valence-electron chi connectivity index (χ4n) is 3.18. The number of hydrogen-bond acceptors (Lipinski definition) is 5. The molecule has 3 rings (SSSR count). The van der Waals surface area contributed by atoms with E-state index in [-0.39, 0.29) is 24.1 Å². The molecule has 1 N–H and O–H groups in total. The molecule has 2 aromatic rings. The van der Waals surface area contributed by atoms with E-state index in [0.29, 0.717) is 24.6 Å². The molecule has 1 aliphatic heterocycles. The molecular weight excluding hydrogens is 324 g/mol. The summed E-state index contributed by atoms with van der Waals surface area (Å²) in [5, 5.41) is 9.13. The number of likely N-dealkylation sites (tertiary alicyclic amines) is 1. The lowest BCUT2D eigenvalue weighted by molar-refractivity contribution is -0.138. The summed E-state index contributed by atoms with van der Waals surface area (Å²) in [5.74, 6) is -0.488. The second kappa shape index (κ2) is 7.06. The van der Waals surface area contributed by atoms with Crippen molar-refractivity contribution in [1.82, 2.24) is 9.88 Å². The topological polar surface area (TPSA) is 92.9 Å². The fraction of sp³-hybridized carbons (Fsp3) is 0.389. The molecule has 1 aliphatic rings. The zero-order chi connectivity index (χ0) is 18.0. The highest BCUT2D eigenvalue weighted by Crippen LogP contribution is 2.29. The van der Waals surface area contributed by atoms with Crippen molar-refractivity contribution in [1.29, 1.82) is 0 Å². The number of benzene rings is 1. The van der Waals surface area contributed by atoms with E-state index in [1.165, 1.54) is 4.90 Å². The second-order valence-corrected chi connectivity index (χ2v) is 6.08. The lowest BCUT2D eigenvalue weighted by Gasteiger charge is -2.22. The molecule has 1 aromatic carbocycles. The summed E-state index contributed by atoms with van der Waals surface area (Å²) in [4.78, 5) is 30.0. The van der Waals surface area contributed by atoms with Crippen molar-refractivity contribution in [2.75, 3.05) is 13.7 Å². The van der Waals surface area contributed by atoms with Crippen molar-refractivity contribution >= 4 is 11.9 Å². The molecule has 0 spiro atoms. The van der Waals surface area contributed by atoms with Gasteiger partial charge < -0.3 is 19.2 Å². The first-order chi connectivity index (χ1) is 12.0. The van der Waals surface area contributed by atoms with E-state index in [2.05, 4.69) is 4.98 Å². The van der Waals surface area contributed by atoms with Crippen LogP contribution in [0.3, 0.4) is 0 Å². The Morgan fingerprint density at radius 2 is 2.08 bits per heavy atom. The fourth-order valence-corrected chi connectivity index (χ4v) is 3.18. The average Bonchev–Trinajstić information content (AvgIpc) is 3.18. The molecule has 7 nitrogen and oxygen atoms in total. The maximum Gasteiger partial charge on any atom is 0.305 e. The first-order valence-electron chi connectivity index (χ1n) is 8.08. The van der Waals surface area contributed by atoms with Crippen molar-refractivity contribution in [3.8, 4) is 11.3 Å². The summed E-state index contributed by atoms with van der Waals surface area (Å²) in [5.41, 5.74) is 0.958. The quantitative estimate of drug-likeness (QED) is 0.895. The molecule has 2 heterocycles. The minimum Gasteiger partial charge on any atom is -0.481 e. The van der Waals surface area contributed by atoms with Crippen LogP contribution in [-0.2, 0) is 9.53 Å². The molecule has 0 saturated carbocycles. The van der Waals surface area contributed by atoms with Gasteiger partial charge in [0.1, 0.15) is 0 Å². The highest BCUT2D eigenvalue weighted by Gasteiger charge is 2.39. The smallest absolute Gasteiger partial charge is 0.305 e. The summed E-state index contributed by atoms with van der Waals surface area (Å²) in [6.45, 7) is 2.02. The summed E-state index contributed by atoms with van der Waals surface area (Å²) < 4.78 is 11.0. The molecule has 0 bridgehead atoms. The molecule has 7 heteroatoms. The Bertz CT molecular complexity index is 771. The van der Waals surface area contributed by atoms with Gasteiger partial charge in [0.15, 0.2) is 17.3 Å². The number of aryl methyl sites for hydroxylation is 1. The Hall–Kier alpha value is -2.67. The van der Waals surface area contributed by atoms with Gasteiger partial charge in [0.25, 0.3) is 5.91 Å². The molecule has 1 fully saturated rings. The number of hydrogen-bond donors (Lipinski definition) is 1. The van der Waals surface area contributed by atoms with Crippen LogP contribution < -0.4 is 0 Å². The van der Waals surface area contributed by atoms with Crippen LogP contribution in [0.25, 0.3) is 11.3 Å². The summed E-state index contributed by atoms with van der Waals surface area (Å²) in [6.07, 6.45) is 0.191. The van der Waals surface area contributed by atoms with Crippen LogP contribution in [-0.4, -0.2) is 52.7 Å². The number of ether oxygens (including phenoxy) is 1. The van der Waals surface area contributed by atoms with Crippen LogP contribution in [0.5, 0.6) is 0 Å². The lowest BCUT2D eigenvalue weighted by Crippen LogP contribution is -2.37. The summed E-state index contributed by atoms with van der Waals surface area (Å²) in [6, 6.07) is 8.84. The maximum atomic E-state index is 13.1. The maximum absolute atomic E-state index is 13.1. The predicted molar refractivity (Wildman–Crippen MR) is 89.2 cm³/mol. The van der Waals surface area contributed by atoms with E-state index < -0.39 is 12.0 Å². The van der Waals surface area contributed by atoms with Crippen molar-refractivity contribution < 1.29 is 23.8 Å². The number of oxazole rings is 1. The number of aliphatic carboxylic acids is 1. The minimum atomic E-state index is -0.945.